The molecule has 0 fully saturated rings. The fraction of sp³-hybridized carbons (Fsp3) is 0.485. The van der Waals surface area contributed by atoms with Gasteiger partial charge in [-0.15, -0.1) is 0 Å². The minimum Gasteiger partial charge on any atom is -0.507 e. The third kappa shape index (κ3) is 17.0. The van der Waals surface area contributed by atoms with Crippen LogP contribution in [0.3, 0.4) is 0 Å². The minimum absolute atomic E-state index is 0.384. The van der Waals surface area contributed by atoms with Crippen LogP contribution < -0.4 is 4.74 Å². The van der Waals surface area contributed by atoms with Crippen molar-refractivity contribution in [3.8, 4) is 22.6 Å². The van der Waals surface area contributed by atoms with Crippen molar-refractivity contribution in [2.75, 3.05) is 0 Å². The topological polar surface area (TPSA) is 46.5 Å². The Bertz CT molecular complexity index is 5500. The molecule has 0 spiro atoms. The molecule has 1 N–H and O–H groups in total. The average Bonchev–Trinajstić information content (AvgIpc) is 0.703. The summed E-state index contributed by atoms with van der Waals surface area (Å²) in [6.45, 7) is -1.87. The molecule has 0 heterocycles. The fourth-order valence-electron chi connectivity index (χ4n) is 10.9. The number of fused-ring (bicyclic) bond motifs is 2. The van der Waals surface area contributed by atoms with E-state index in [-0.39, 0.29) is 6.29 Å². The highest BCUT2D eigenvalue weighted by molar-refractivity contribution is 6.13. The molecule has 139 heavy (non-hydrogen) atoms. The Morgan fingerprint density at radius 3 is 0.662 bits per heavy atom. The number of aldehydes is 1. The summed E-state index contributed by atoms with van der Waals surface area (Å²) < 4.78 is 981. The highest BCUT2D eigenvalue weighted by Gasteiger charge is 3.00. The van der Waals surface area contributed by atoms with Gasteiger partial charge >= 0.3 is 191 Å². The first-order valence-electron chi connectivity index (χ1n) is 33.3. The van der Waals surface area contributed by atoms with Crippen molar-refractivity contribution in [2.45, 2.75) is 197 Å². The summed E-state index contributed by atoms with van der Waals surface area (Å²) in [5.74, 6) is -259. The molecular formula is C68H24F68O3. The third-order valence-electron chi connectivity index (χ3n) is 19.0. The average molecular weight is 2180 g/mol. The molecule has 0 aromatic heterocycles. The normalized spacial score (nSPS) is 16.2. The molecule has 0 atom stereocenters. The molecule has 0 amide bonds. The van der Waals surface area contributed by atoms with Gasteiger partial charge in [0.25, 0.3) is 0 Å². The van der Waals surface area contributed by atoms with Crippen molar-refractivity contribution >= 4 is 52.1 Å². The van der Waals surface area contributed by atoms with Crippen molar-refractivity contribution in [2.24, 2.45) is 0 Å². The van der Waals surface area contributed by atoms with E-state index < -0.39 is 372 Å². The van der Waals surface area contributed by atoms with Crippen LogP contribution in [0.15, 0.2) is 97.1 Å². The number of halogens is 68. The molecule has 0 aliphatic carbocycles. The first-order chi connectivity index (χ1) is 60.6. The van der Waals surface area contributed by atoms with Crippen LogP contribution in [-0.2, 0) is 6.61 Å². The Morgan fingerprint density at radius 1 is 0.216 bits per heavy atom. The van der Waals surface area contributed by atoms with Crippen LogP contribution in [0.1, 0.15) is 38.2 Å². The molecule has 0 unspecified atom stereocenters. The van der Waals surface area contributed by atoms with E-state index in [9.17, 15) is 221 Å². The summed E-state index contributed by atoms with van der Waals surface area (Å²) in [5, 5.41) is 3.07. The first-order valence-corrected chi connectivity index (χ1v) is 33.3. The minimum atomic E-state index is -9.60. The first kappa shape index (κ1) is 120. The molecule has 5 rings (SSSR count). The van der Waals surface area contributed by atoms with Crippen LogP contribution >= 0.6 is 0 Å². The van der Waals surface area contributed by atoms with Gasteiger partial charge in [-0.25, -0.2) is 0 Å². The summed E-state index contributed by atoms with van der Waals surface area (Å²) in [5.41, 5.74) is -15.5. The molecule has 5 aromatic carbocycles. The van der Waals surface area contributed by atoms with Crippen molar-refractivity contribution in [1.29, 1.82) is 0 Å². The van der Waals surface area contributed by atoms with Gasteiger partial charge in [-0.1, -0.05) is 72.8 Å². The number of rotatable bonds is 37. The van der Waals surface area contributed by atoms with Gasteiger partial charge in [0, 0.05) is 16.7 Å². The van der Waals surface area contributed by atoms with Gasteiger partial charge in [-0.05, 0) is 97.9 Å². The SMILES string of the molecule is O=Cc1ccccc1COc1cc(/C=C/C(F)(F)C(F)(F)C(F)(F)C(F)(F)C(F)(F)C(F)(F)C(F)(F)C(F)(F)F)c2cc(/C=C/C(F)(F)C(F)(F)C(F)(F)C(F)(F)C(F)(F)C(F)(F)C(F)(F)C(F)(F)F)ccc2c1-c1c(O)cc(/C=C/C(F)(F)C(F)(F)C(F)(F)C(F)(F)C(F)(F)C(F)(F)C(F)(F)C(F)(F)F)c2cc(/C=C/C(F)(F)C(F)(F)C(F)(F)C(F)(F)C(F)(F)C(F)(F)C(F)(F)C(F)(F)F)ccc12. The van der Waals surface area contributed by atoms with Gasteiger partial charge in [-0.2, -0.15) is 299 Å². The van der Waals surface area contributed by atoms with Gasteiger partial charge in [0.2, 0.25) is 0 Å². The predicted octanol–water partition coefficient (Wildman–Crippen LogP) is 30.8. The quantitative estimate of drug-likeness (QED) is 0.0318. The predicted molar refractivity (Wildman–Crippen MR) is 324 cm³/mol. The van der Waals surface area contributed by atoms with Gasteiger partial charge in [-0.3, -0.25) is 4.79 Å². The molecule has 0 aliphatic heterocycles. The Balaban J connectivity index is 2.16. The zero-order chi connectivity index (χ0) is 110. The number of phenols is 1. The van der Waals surface area contributed by atoms with E-state index in [4.69, 9.17) is 4.74 Å². The van der Waals surface area contributed by atoms with E-state index in [0.717, 1.165) is 6.07 Å². The highest BCUT2D eigenvalue weighted by atomic mass is 19.5. The maximum absolute atomic E-state index is 15.9. The van der Waals surface area contributed by atoms with Crippen LogP contribution in [0.5, 0.6) is 11.5 Å². The molecule has 71 heteroatoms. The number of hydrogen-bond donors (Lipinski definition) is 1. The lowest BCUT2D eigenvalue weighted by atomic mass is 9.86. The number of phenolic OH excluding ortho intramolecular Hbond substituents is 1. The smallest absolute Gasteiger partial charge is 0.460 e. The number of aromatic hydroxyl groups is 1. The van der Waals surface area contributed by atoms with Gasteiger partial charge in [0.15, 0.2) is 0 Å². The summed E-state index contributed by atoms with van der Waals surface area (Å²) >= 11 is 0. The number of allylic oxidation sites excluding steroid dienone is 4. The molecule has 0 saturated carbocycles. The second-order valence-electron chi connectivity index (χ2n) is 28.0. The van der Waals surface area contributed by atoms with E-state index in [1.165, 1.54) is 0 Å². The lowest BCUT2D eigenvalue weighted by Gasteiger charge is -2.42. The monoisotopic (exact) mass is 2180 g/mol. The summed E-state index contributed by atoms with van der Waals surface area (Å²) in [7, 11) is 0. The standard InChI is InChI=1S/C68H24F68O3/c69-37(70,41(77,78)45(85,86)49(93,94)53(101,102)57(109,110)61(117,118)65(125,126)127)13-9-23-5-7-29-31(17-23)25(11-15-39(73,74)43(81,82)47(89,90)51(97,98)55(105,106)59(113,114)63(121,122)67(131,132)133)19-33(138)35(29)36-30-8-6-24(10-14-38(71,72)42(79,80)46(87,88)50(95,96)54(103,104)58(111,112)62(119,120)66(128,129)130)18-32(30)26(20-34(36)139-22-28-4-2-1-3-27(28)21-137)12-16-40(75,76)44(83,84)48(91,92)52(99,100)56(107,108)60(115,116)64(123,124)68(134,135)136/h1-21,138H,22H2/b13-9+,14-10+,15-11+,16-12+. The number of ether oxygens (including phenoxy) is 1. The van der Waals surface area contributed by atoms with Crippen LogP contribution in [0.4, 0.5) is 299 Å². The Morgan fingerprint density at radius 2 is 0.424 bits per heavy atom. The Labute approximate surface area is 715 Å². The van der Waals surface area contributed by atoms with Crippen molar-refractivity contribution in [3.05, 3.63) is 130 Å². The highest BCUT2D eigenvalue weighted by Crippen LogP contribution is 2.71. The second-order valence-corrected chi connectivity index (χ2v) is 28.0. The molecule has 5 aromatic rings. The van der Waals surface area contributed by atoms with E-state index in [2.05, 4.69) is 0 Å². The molecular weight excluding hydrogens is 2160 g/mol. The van der Waals surface area contributed by atoms with Crippen molar-refractivity contribution in [1.82, 2.24) is 0 Å². The van der Waals surface area contributed by atoms with Crippen LogP contribution in [0, 0.1) is 0 Å². The molecule has 0 aliphatic rings. The maximum atomic E-state index is 15.9. The largest absolute Gasteiger partial charge is 0.507 e. The molecule has 0 radical (unpaired) electrons. The van der Waals surface area contributed by atoms with Gasteiger partial charge in [0.05, 0.1) is 0 Å². The summed E-state index contributed by atoms with van der Waals surface area (Å²) in [6, 6.07) is -2.98. The van der Waals surface area contributed by atoms with Crippen molar-refractivity contribution in [3.63, 3.8) is 0 Å². The molecule has 790 valence electrons. The maximum Gasteiger partial charge on any atom is 0.460 e. The summed E-state index contributed by atoms with van der Waals surface area (Å²) in [4.78, 5) is 12.1. The number of hydrogen-bond acceptors (Lipinski definition) is 3. The van der Waals surface area contributed by atoms with E-state index in [1.54, 1.807) is 0 Å². The number of benzene rings is 5. The molecule has 0 saturated heterocycles. The zero-order valence-electron chi connectivity index (χ0n) is 62.8. The Kier molecular flexibility index (Phi) is 29.2. The lowest BCUT2D eigenvalue weighted by Crippen LogP contribution is -2.74. The van der Waals surface area contributed by atoms with Gasteiger partial charge < -0.3 is 9.84 Å². The second kappa shape index (κ2) is 33.9. The number of carbonyl (C=O) groups is 1. The van der Waals surface area contributed by atoms with Crippen LogP contribution in [-0.4, -0.2) is 202 Å². The van der Waals surface area contributed by atoms with Gasteiger partial charge in [0.1, 0.15) is 24.4 Å². The van der Waals surface area contributed by atoms with Crippen LogP contribution in [0.2, 0.25) is 0 Å². The zero-order valence-corrected chi connectivity index (χ0v) is 62.8. The molecule has 3 nitrogen and oxygen atoms in total. The van der Waals surface area contributed by atoms with E-state index in [0.29, 0.717) is 18.2 Å². The van der Waals surface area contributed by atoms with E-state index in [1.807, 2.05) is 0 Å². The lowest BCUT2D eigenvalue weighted by molar-refractivity contribution is -0.459. The Hall–Kier alpha value is -9.91. The van der Waals surface area contributed by atoms with Crippen LogP contribution in [0.25, 0.3) is 57.0 Å². The number of carbonyl (C=O) groups excluding carboxylic acids is 1. The van der Waals surface area contributed by atoms with E-state index >= 15 is 87.8 Å². The third-order valence-corrected chi connectivity index (χ3v) is 19.0. The summed E-state index contributed by atoms with van der Waals surface area (Å²) in [6.07, 6.45) is -49.3. The molecule has 0 bridgehead atoms. The van der Waals surface area contributed by atoms with Crippen molar-refractivity contribution < 1.29 is 313 Å². The fourth-order valence-corrected chi connectivity index (χ4v) is 10.9. The number of alkyl halides is 68.